The normalized spacial score (nSPS) is 18.5. The Morgan fingerprint density at radius 1 is 1.50 bits per heavy atom. The van der Waals surface area contributed by atoms with E-state index in [-0.39, 0.29) is 5.91 Å². The van der Waals surface area contributed by atoms with Crippen LogP contribution >= 0.6 is 0 Å². The third kappa shape index (κ3) is 3.14. The molecule has 3 heterocycles. The average Bonchev–Trinajstić information content (AvgIpc) is 2.84. The summed E-state index contributed by atoms with van der Waals surface area (Å²) >= 11 is 0. The van der Waals surface area contributed by atoms with Gasteiger partial charge >= 0.3 is 0 Å². The predicted molar refractivity (Wildman–Crippen MR) is 84.6 cm³/mol. The molecule has 0 spiro atoms. The van der Waals surface area contributed by atoms with Gasteiger partial charge in [0.25, 0.3) is 0 Å². The summed E-state index contributed by atoms with van der Waals surface area (Å²) in [5.41, 5.74) is 2.98. The maximum Gasteiger partial charge on any atom is 0.223 e. The number of rotatable bonds is 4. The van der Waals surface area contributed by atoms with Crippen molar-refractivity contribution in [3.63, 3.8) is 0 Å². The second-order valence-corrected chi connectivity index (χ2v) is 6.11. The SMILES string of the molecule is Cc1nc2ccccn2c1CN(C)C(=O)C[C@@H]1CCCOC1. The van der Waals surface area contributed by atoms with Gasteiger partial charge in [-0.3, -0.25) is 4.79 Å². The zero-order valence-electron chi connectivity index (χ0n) is 13.3. The monoisotopic (exact) mass is 301 g/mol. The van der Waals surface area contributed by atoms with Gasteiger partial charge in [0.1, 0.15) is 5.65 Å². The molecule has 2 aromatic heterocycles. The molecule has 118 valence electrons. The molecule has 1 aliphatic rings. The number of nitrogens with zero attached hydrogens (tertiary/aromatic N) is 3. The number of carbonyl (C=O) groups is 1. The second-order valence-electron chi connectivity index (χ2n) is 6.11. The predicted octanol–water partition coefficient (Wildman–Crippen LogP) is 2.42. The topological polar surface area (TPSA) is 46.8 Å². The summed E-state index contributed by atoms with van der Waals surface area (Å²) in [5.74, 6) is 0.549. The molecule has 0 saturated carbocycles. The smallest absolute Gasteiger partial charge is 0.223 e. The van der Waals surface area contributed by atoms with E-state index in [0.717, 1.165) is 36.5 Å². The molecule has 3 rings (SSSR count). The summed E-state index contributed by atoms with van der Waals surface area (Å²) < 4.78 is 7.52. The van der Waals surface area contributed by atoms with Gasteiger partial charge in [-0.15, -0.1) is 0 Å². The van der Waals surface area contributed by atoms with Crippen molar-refractivity contribution < 1.29 is 9.53 Å². The van der Waals surface area contributed by atoms with E-state index in [1.165, 1.54) is 0 Å². The highest BCUT2D eigenvalue weighted by Gasteiger charge is 2.21. The fourth-order valence-electron chi connectivity index (χ4n) is 3.04. The van der Waals surface area contributed by atoms with E-state index in [9.17, 15) is 4.79 Å². The number of aryl methyl sites for hydroxylation is 1. The van der Waals surface area contributed by atoms with E-state index in [1.807, 2.05) is 38.4 Å². The van der Waals surface area contributed by atoms with Crippen molar-refractivity contribution in [1.82, 2.24) is 14.3 Å². The summed E-state index contributed by atoms with van der Waals surface area (Å²) in [6.07, 6.45) is 4.73. The summed E-state index contributed by atoms with van der Waals surface area (Å²) in [5, 5.41) is 0. The minimum atomic E-state index is 0.181. The van der Waals surface area contributed by atoms with E-state index >= 15 is 0 Å². The molecule has 5 heteroatoms. The first-order chi connectivity index (χ1) is 10.6. The minimum absolute atomic E-state index is 0.181. The summed E-state index contributed by atoms with van der Waals surface area (Å²) in [7, 11) is 1.87. The molecule has 0 aromatic carbocycles. The van der Waals surface area contributed by atoms with Gasteiger partial charge < -0.3 is 14.0 Å². The van der Waals surface area contributed by atoms with Gasteiger partial charge in [0.05, 0.1) is 17.9 Å². The largest absolute Gasteiger partial charge is 0.381 e. The zero-order chi connectivity index (χ0) is 15.5. The maximum absolute atomic E-state index is 12.4. The van der Waals surface area contributed by atoms with Crippen molar-refractivity contribution in [2.45, 2.75) is 32.7 Å². The first kappa shape index (κ1) is 15.0. The van der Waals surface area contributed by atoms with Crippen LogP contribution in [0.4, 0.5) is 0 Å². The van der Waals surface area contributed by atoms with E-state index in [1.54, 1.807) is 4.90 Å². The number of aromatic nitrogens is 2. The number of carbonyl (C=O) groups excluding carboxylic acids is 1. The van der Waals surface area contributed by atoms with Crippen LogP contribution in [0.2, 0.25) is 0 Å². The number of fused-ring (bicyclic) bond motifs is 1. The minimum Gasteiger partial charge on any atom is -0.381 e. The molecular formula is C17H23N3O2. The zero-order valence-corrected chi connectivity index (χ0v) is 13.3. The van der Waals surface area contributed by atoms with E-state index in [4.69, 9.17) is 4.74 Å². The van der Waals surface area contributed by atoms with Gasteiger partial charge in [-0.25, -0.2) is 4.98 Å². The lowest BCUT2D eigenvalue weighted by atomic mass is 9.98. The second kappa shape index (κ2) is 6.48. The van der Waals surface area contributed by atoms with Gasteiger partial charge in [-0.1, -0.05) is 6.07 Å². The van der Waals surface area contributed by atoms with E-state index < -0.39 is 0 Å². The Bertz CT molecular complexity index is 659. The molecule has 22 heavy (non-hydrogen) atoms. The number of ether oxygens (including phenoxy) is 1. The van der Waals surface area contributed by atoms with Crippen molar-refractivity contribution in [1.29, 1.82) is 0 Å². The Kier molecular flexibility index (Phi) is 4.43. The standard InChI is InChI=1S/C17H23N3O2/c1-13-15(20-8-4-3-7-16(20)18-13)11-19(2)17(21)10-14-6-5-9-22-12-14/h3-4,7-8,14H,5-6,9-12H2,1-2H3/t14-/m0/s1. The van der Waals surface area contributed by atoms with E-state index in [2.05, 4.69) is 9.38 Å². The number of imidazole rings is 1. The molecule has 1 amide bonds. The molecule has 1 aliphatic heterocycles. The first-order valence-electron chi connectivity index (χ1n) is 7.89. The van der Waals surface area contributed by atoms with Crippen LogP contribution in [0.3, 0.4) is 0 Å². The fourth-order valence-corrected chi connectivity index (χ4v) is 3.04. The van der Waals surface area contributed by atoms with Crippen LogP contribution in [0.25, 0.3) is 5.65 Å². The molecular weight excluding hydrogens is 278 g/mol. The summed E-state index contributed by atoms with van der Waals surface area (Å²) in [4.78, 5) is 18.8. The summed E-state index contributed by atoms with van der Waals surface area (Å²) in [6, 6.07) is 5.94. The van der Waals surface area contributed by atoms with Crippen molar-refractivity contribution in [3.8, 4) is 0 Å². The molecule has 1 saturated heterocycles. The van der Waals surface area contributed by atoms with Crippen LogP contribution in [0.15, 0.2) is 24.4 Å². The number of hydrogen-bond donors (Lipinski definition) is 0. The third-order valence-corrected chi connectivity index (χ3v) is 4.36. The Hall–Kier alpha value is -1.88. The van der Waals surface area contributed by atoms with E-state index in [0.29, 0.717) is 25.5 Å². The van der Waals surface area contributed by atoms with Gasteiger partial charge in [0, 0.05) is 32.9 Å². The molecule has 0 radical (unpaired) electrons. The third-order valence-electron chi connectivity index (χ3n) is 4.36. The van der Waals surface area contributed by atoms with Gasteiger partial charge in [0.2, 0.25) is 5.91 Å². The first-order valence-corrected chi connectivity index (χ1v) is 7.89. The molecule has 0 N–H and O–H groups in total. The van der Waals surface area contributed by atoms with Crippen LogP contribution in [0.5, 0.6) is 0 Å². The summed E-state index contributed by atoms with van der Waals surface area (Å²) in [6.45, 7) is 4.13. The molecule has 2 aromatic rings. The fraction of sp³-hybridized carbons (Fsp3) is 0.529. The lowest BCUT2D eigenvalue weighted by molar-refractivity contribution is -0.132. The van der Waals surface area contributed by atoms with Gasteiger partial charge in [0.15, 0.2) is 0 Å². The molecule has 1 atom stereocenters. The highest BCUT2D eigenvalue weighted by Crippen LogP contribution is 2.19. The highest BCUT2D eigenvalue weighted by molar-refractivity contribution is 5.76. The Balaban J connectivity index is 1.68. The Morgan fingerprint density at radius 2 is 2.36 bits per heavy atom. The molecule has 1 fully saturated rings. The Labute approximate surface area is 130 Å². The lowest BCUT2D eigenvalue weighted by Gasteiger charge is -2.24. The Morgan fingerprint density at radius 3 is 3.14 bits per heavy atom. The molecule has 5 nitrogen and oxygen atoms in total. The van der Waals surface area contributed by atoms with Crippen LogP contribution < -0.4 is 0 Å². The van der Waals surface area contributed by atoms with Gasteiger partial charge in [-0.2, -0.15) is 0 Å². The van der Waals surface area contributed by atoms with Crippen molar-refractivity contribution >= 4 is 11.6 Å². The number of hydrogen-bond acceptors (Lipinski definition) is 3. The number of pyridine rings is 1. The number of amides is 1. The lowest BCUT2D eigenvalue weighted by Crippen LogP contribution is -2.31. The van der Waals surface area contributed by atoms with Crippen LogP contribution in [-0.2, 0) is 16.1 Å². The average molecular weight is 301 g/mol. The molecule has 0 bridgehead atoms. The van der Waals surface area contributed by atoms with Crippen molar-refractivity contribution in [2.24, 2.45) is 5.92 Å². The van der Waals surface area contributed by atoms with Crippen molar-refractivity contribution in [2.75, 3.05) is 20.3 Å². The quantitative estimate of drug-likeness (QED) is 0.871. The van der Waals surface area contributed by atoms with Crippen LogP contribution in [0, 0.1) is 12.8 Å². The maximum atomic E-state index is 12.4. The van der Waals surface area contributed by atoms with Crippen LogP contribution in [0.1, 0.15) is 30.7 Å². The molecule has 0 unspecified atom stereocenters. The van der Waals surface area contributed by atoms with Crippen molar-refractivity contribution in [3.05, 3.63) is 35.8 Å². The van der Waals surface area contributed by atoms with Gasteiger partial charge in [-0.05, 0) is 37.8 Å². The molecule has 0 aliphatic carbocycles. The highest BCUT2D eigenvalue weighted by atomic mass is 16.5. The van der Waals surface area contributed by atoms with Crippen LogP contribution in [-0.4, -0.2) is 40.5 Å².